The third kappa shape index (κ3) is 2.00. The minimum Gasteiger partial charge on any atom is -0.376 e. The molecule has 0 saturated carbocycles. The molecular formula is C8H11BrO. The third-order valence-electron chi connectivity index (χ3n) is 1.68. The lowest BCUT2D eigenvalue weighted by Gasteiger charge is -2.26. The fourth-order valence-corrected chi connectivity index (χ4v) is 1.77. The molecule has 1 fully saturated rings. The van der Waals surface area contributed by atoms with Crippen LogP contribution < -0.4 is 0 Å². The lowest BCUT2D eigenvalue weighted by molar-refractivity contribution is 0.0264. The van der Waals surface area contributed by atoms with Crippen LogP contribution in [0.4, 0.5) is 0 Å². The molecule has 0 radical (unpaired) electrons. The molecule has 1 saturated heterocycles. The number of halogens is 1. The van der Waals surface area contributed by atoms with Gasteiger partial charge in [-0.05, 0) is 12.8 Å². The van der Waals surface area contributed by atoms with E-state index in [4.69, 9.17) is 11.2 Å². The van der Waals surface area contributed by atoms with Crippen LogP contribution in [-0.2, 0) is 4.74 Å². The van der Waals surface area contributed by atoms with Gasteiger partial charge in [0.2, 0.25) is 0 Å². The summed E-state index contributed by atoms with van der Waals surface area (Å²) >= 11 is 3.54. The van der Waals surface area contributed by atoms with Crippen LogP contribution in [0.2, 0.25) is 0 Å². The molecule has 1 rings (SSSR count). The van der Waals surface area contributed by atoms with E-state index >= 15 is 0 Å². The first-order chi connectivity index (χ1) is 4.84. The standard InChI is InChI=1S/C8H11BrO/c1-2-4-8-7(9)5-3-6-10-8/h1,7-8H,3-6H2. The summed E-state index contributed by atoms with van der Waals surface area (Å²) in [7, 11) is 0. The number of terminal acetylenes is 1. The van der Waals surface area contributed by atoms with Crippen molar-refractivity contribution in [3.63, 3.8) is 0 Å². The average molecular weight is 203 g/mol. The summed E-state index contributed by atoms with van der Waals surface area (Å²) in [6, 6.07) is 0. The Morgan fingerprint density at radius 1 is 1.70 bits per heavy atom. The Kier molecular flexibility index (Phi) is 3.24. The largest absolute Gasteiger partial charge is 0.376 e. The second kappa shape index (κ2) is 4.00. The van der Waals surface area contributed by atoms with Crippen molar-refractivity contribution < 1.29 is 4.74 Å². The normalized spacial score (nSPS) is 33.2. The van der Waals surface area contributed by atoms with Gasteiger partial charge in [0, 0.05) is 17.9 Å². The first kappa shape index (κ1) is 8.10. The minimum atomic E-state index is 0.249. The van der Waals surface area contributed by atoms with Crippen LogP contribution in [0, 0.1) is 12.3 Å². The number of hydrogen-bond acceptors (Lipinski definition) is 1. The van der Waals surface area contributed by atoms with E-state index in [2.05, 4.69) is 21.9 Å². The molecule has 10 heavy (non-hydrogen) atoms. The number of rotatable bonds is 1. The minimum absolute atomic E-state index is 0.249. The molecular weight excluding hydrogens is 192 g/mol. The number of ether oxygens (including phenoxy) is 1. The van der Waals surface area contributed by atoms with E-state index in [1.165, 1.54) is 6.42 Å². The fraction of sp³-hybridized carbons (Fsp3) is 0.750. The molecule has 0 spiro atoms. The smallest absolute Gasteiger partial charge is 0.0808 e. The van der Waals surface area contributed by atoms with Crippen LogP contribution in [0.1, 0.15) is 19.3 Å². The topological polar surface area (TPSA) is 9.23 Å². The fourth-order valence-electron chi connectivity index (χ4n) is 1.11. The molecule has 1 aliphatic heterocycles. The third-order valence-corrected chi connectivity index (χ3v) is 2.73. The van der Waals surface area contributed by atoms with Crippen molar-refractivity contribution >= 4 is 15.9 Å². The van der Waals surface area contributed by atoms with Gasteiger partial charge >= 0.3 is 0 Å². The van der Waals surface area contributed by atoms with Gasteiger partial charge in [0.1, 0.15) is 0 Å². The molecule has 2 heteroatoms. The molecule has 0 aromatic rings. The predicted molar refractivity (Wildman–Crippen MR) is 45.1 cm³/mol. The number of alkyl halides is 1. The van der Waals surface area contributed by atoms with E-state index in [-0.39, 0.29) is 6.10 Å². The zero-order chi connectivity index (χ0) is 7.40. The molecule has 0 aromatic carbocycles. The molecule has 0 amide bonds. The zero-order valence-corrected chi connectivity index (χ0v) is 7.43. The Morgan fingerprint density at radius 2 is 2.50 bits per heavy atom. The Hall–Kier alpha value is 0. The molecule has 1 heterocycles. The highest BCUT2D eigenvalue weighted by Crippen LogP contribution is 2.22. The lowest BCUT2D eigenvalue weighted by atomic mass is 10.1. The molecule has 0 aromatic heterocycles. The van der Waals surface area contributed by atoms with Gasteiger partial charge in [-0.1, -0.05) is 15.9 Å². The Labute approximate surface area is 70.3 Å². The van der Waals surface area contributed by atoms with Gasteiger partial charge in [0.15, 0.2) is 0 Å². The summed E-state index contributed by atoms with van der Waals surface area (Å²) in [6.45, 7) is 0.869. The van der Waals surface area contributed by atoms with Crippen molar-refractivity contribution in [2.75, 3.05) is 6.61 Å². The van der Waals surface area contributed by atoms with Crippen LogP contribution in [0.5, 0.6) is 0 Å². The van der Waals surface area contributed by atoms with Gasteiger partial charge in [-0.15, -0.1) is 12.3 Å². The maximum Gasteiger partial charge on any atom is 0.0808 e. The van der Waals surface area contributed by atoms with Gasteiger partial charge in [0.25, 0.3) is 0 Å². The molecule has 2 atom stereocenters. The highest BCUT2D eigenvalue weighted by Gasteiger charge is 2.21. The lowest BCUT2D eigenvalue weighted by Crippen LogP contribution is -2.29. The van der Waals surface area contributed by atoms with E-state index in [0.717, 1.165) is 19.4 Å². The number of hydrogen-bond donors (Lipinski definition) is 0. The van der Waals surface area contributed by atoms with Crippen LogP contribution in [0.25, 0.3) is 0 Å². The summed E-state index contributed by atoms with van der Waals surface area (Å²) in [5.74, 6) is 2.61. The second-order valence-electron chi connectivity index (χ2n) is 2.48. The van der Waals surface area contributed by atoms with Crippen molar-refractivity contribution in [2.45, 2.75) is 30.2 Å². The summed E-state index contributed by atoms with van der Waals surface area (Å²) in [5.41, 5.74) is 0. The molecule has 1 aliphatic rings. The van der Waals surface area contributed by atoms with E-state index < -0.39 is 0 Å². The van der Waals surface area contributed by atoms with E-state index in [1.807, 2.05) is 0 Å². The Bertz CT molecular complexity index is 139. The average Bonchev–Trinajstić information content (AvgIpc) is 1.94. The van der Waals surface area contributed by atoms with Crippen molar-refractivity contribution in [2.24, 2.45) is 0 Å². The molecule has 0 bridgehead atoms. The Morgan fingerprint density at radius 3 is 3.10 bits per heavy atom. The Balaban J connectivity index is 2.34. The first-order valence-corrected chi connectivity index (χ1v) is 4.45. The van der Waals surface area contributed by atoms with Gasteiger partial charge in [-0.2, -0.15) is 0 Å². The van der Waals surface area contributed by atoms with Gasteiger partial charge in [0.05, 0.1) is 6.10 Å². The maximum absolute atomic E-state index is 5.44. The SMILES string of the molecule is C#CCC1OCCCC1Br. The van der Waals surface area contributed by atoms with Gasteiger partial charge in [-0.3, -0.25) is 0 Å². The monoisotopic (exact) mass is 202 g/mol. The molecule has 0 aliphatic carbocycles. The molecule has 56 valence electrons. The highest BCUT2D eigenvalue weighted by atomic mass is 79.9. The summed E-state index contributed by atoms with van der Waals surface area (Å²) < 4.78 is 5.44. The van der Waals surface area contributed by atoms with Crippen LogP contribution in [-0.4, -0.2) is 17.5 Å². The zero-order valence-electron chi connectivity index (χ0n) is 5.85. The van der Waals surface area contributed by atoms with E-state index in [1.54, 1.807) is 0 Å². The molecule has 1 nitrogen and oxygen atoms in total. The van der Waals surface area contributed by atoms with Crippen molar-refractivity contribution in [3.05, 3.63) is 0 Å². The molecule has 2 unspecified atom stereocenters. The van der Waals surface area contributed by atoms with E-state index in [0.29, 0.717) is 4.83 Å². The predicted octanol–water partition coefficient (Wildman–Crippen LogP) is 1.95. The first-order valence-electron chi connectivity index (χ1n) is 3.53. The van der Waals surface area contributed by atoms with Crippen molar-refractivity contribution in [1.29, 1.82) is 0 Å². The second-order valence-corrected chi connectivity index (χ2v) is 3.65. The highest BCUT2D eigenvalue weighted by molar-refractivity contribution is 9.09. The molecule has 0 N–H and O–H groups in total. The van der Waals surface area contributed by atoms with Crippen LogP contribution in [0.15, 0.2) is 0 Å². The van der Waals surface area contributed by atoms with Crippen LogP contribution >= 0.6 is 15.9 Å². The summed E-state index contributed by atoms with van der Waals surface area (Å²) in [6.07, 6.45) is 8.49. The summed E-state index contributed by atoms with van der Waals surface area (Å²) in [5, 5.41) is 0. The van der Waals surface area contributed by atoms with Gasteiger partial charge < -0.3 is 4.74 Å². The quantitative estimate of drug-likeness (QED) is 0.467. The van der Waals surface area contributed by atoms with Crippen molar-refractivity contribution in [1.82, 2.24) is 0 Å². The van der Waals surface area contributed by atoms with Gasteiger partial charge in [-0.25, -0.2) is 0 Å². The maximum atomic E-state index is 5.44. The van der Waals surface area contributed by atoms with Crippen molar-refractivity contribution in [3.8, 4) is 12.3 Å². The van der Waals surface area contributed by atoms with E-state index in [9.17, 15) is 0 Å². The summed E-state index contributed by atoms with van der Waals surface area (Å²) in [4.78, 5) is 0.470. The van der Waals surface area contributed by atoms with Crippen LogP contribution in [0.3, 0.4) is 0 Å².